The number of amides is 1. The molecule has 0 atom stereocenters. The molecule has 2 aromatic heterocycles. The maximum absolute atomic E-state index is 12.3. The van der Waals surface area contributed by atoms with Crippen molar-refractivity contribution >= 4 is 5.91 Å². The predicted molar refractivity (Wildman–Crippen MR) is 73.0 cm³/mol. The molecule has 7 nitrogen and oxygen atoms in total. The van der Waals surface area contributed by atoms with E-state index in [0.717, 1.165) is 11.3 Å². The Labute approximate surface area is 117 Å². The first kappa shape index (κ1) is 14.3. The van der Waals surface area contributed by atoms with Crippen LogP contribution in [0.25, 0.3) is 0 Å². The Morgan fingerprint density at radius 2 is 2.20 bits per heavy atom. The highest BCUT2D eigenvalue weighted by atomic mass is 16.5. The van der Waals surface area contributed by atoms with Gasteiger partial charge < -0.3 is 9.64 Å². The van der Waals surface area contributed by atoms with E-state index >= 15 is 0 Å². The van der Waals surface area contributed by atoms with Gasteiger partial charge in [-0.2, -0.15) is 10.2 Å². The molecule has 20 heavy (non-hydrogen) atoms. The molecule has 0 radical (unpaired) electrons. The number of carbonyl (C=O) groups is 1. The number of carbonyl (C=O) groups excluding carboxylic acids is 1. The Balaban J connectivity index is 2.06. The average Bonchev–Trinajstić information content (AvgIpc) is 2.96. The number of aromatic nitrogens is 4. The average molecular weight is 277 g/mol. The summed E-state index contributed by atoms with van der Waals surface area (Å²) in [5.74, 6) is -0.122. The van der Waals surface area contributed by atoms with Crippen LogP contribution in [-0.4, -0.2) is 44.5 Å². The van der Waals surface area contributed by atoms with Gasteiger partial charge in [-0.3, -0.25) is 9.48 Å². The van der Waals surface area contributed by atoms with Crippen LogP contribution in [0.5, 0.6) is 0 Å². The van der Waals surface area contributed by atoms with E-state index in [4.69, 9.17) is 4.74 Å². The summed E-state index contributed by atoms with van der Waals surface area (Å²) < 4.78 is 8.29. The standard InChI is InChI=1S/C13H19N5O2/c1-10-11(8-17(3)14-10)7-16(2)13(19)12-5-6-18(15-12)9-20-4/h5-6,8H,7,9H2,1-4H3. The predicted octanol–water partition coefficient (Wildman–Crippen LogP) is 0.801. The molecule has 0 saturated heterocycles. The van der Waals surface area contributed by atoms with Crippen molar-refractivity contribution in [2.24, 2.45) is 7.05 Å². The van der Waals surface area contributed by atoms with E-state index in [1.807, 2.05) is 20.2 Å². The topological polar surface area (TPSA) is 65.2 Å². The molecule has 2 heterocycles. The fraction of sp³-hybridized carbons (Fsp3) is 0.462. The number of nitrogens with zero attached hydrogens (tertiary/aromatic N) is 5. The fourth-order valence-electron chi connectivity index (χ4n) is 2.01. The summed E-state index contributed by atoms with van der Waals surface area (Å²) in [5, 5.41) is 8.44. The van der Waals surface area contributed by atoms with Gasteiger partial charge in [-0.1, -0.05) is 0 Å². The number of hydrogen-bond acceptors (Lipinski definition) is 4. The summed E-state index contributed by atoms with van der Waals surface area (Å²) in [7, 11) is 5.20. The Morgan fingerprint density at radius 3 is 2.80 bits per heavy atom. The first-order chi connectivity index (χ1) is 9.51. The summed E-state index contributed by atoms with van der Waals surface area (Å²) in [4.78, 5) is 13.9. The van der Waals surface area contributed by atoms with Crippen molar-refractivity contribution in [3.05, 3.63) is 35.4 Å². The van der Waals surface area contributed by atoms with Crippen LogP contribution in [0.2, 0.25) is 0 Å². The van der Waals surface area contributed by atoms with Crippen LogP contribution in [0.1, 0.15) is 21.7 Å². The van der Waals surface area contributed by atoms with Crippen molar-refractivity contribution in [1.82, 2.24) is 24.5 Å². The highest BCUT2D eigenvalue weighted by Gasteiger charge is 2.16. The van der Waals surface area contributed by atoms with Gasteiger partial charge in [-0.25, -0.2) is 4.68 Å². The Bertz CT molecular complexity index is 602. The number of ether oxygens (including phenoxy) is 1. The van der Waals surface area contributed by atoms with E-state index in [0.29, 0.717) is 19.0 Å². The van der Waals surface area contributed by atoms with Crippen molar-refractivity contribution < 1.29 is 9.53 Å². The number of methoxy groups -OCH3 is 1. The summed E-state index contributed by atoms with van der Waals surface area (Å²) in [6.07, 6.45) is 3.64. The van der Waals surface area contributed by atoms with E-state index in [9.17, 15) is 4.79 Å². The van der Waals surface area contributed by atoms with E-state index in [1.165, 1.54) is 0 Å². The lowest BCUT2D eigenvalue weighted by atomic mass is 10.2. The molecular formula is C13H19N5O2. The smallest absolute Gasteiger partial charge is 0.274 e. The summed E-state index contributed by atoms with van der Waals surface area (Å²) in [5.41, 5.74) is 2.36. The molecular weight excluding hydrogens is 258 g/mol. The van der Waals surface area contributed by atoms with Gasteiger partial charge in [0.15, 0.2) is 0 Å². The molecule has 0 aliphatic heterocycles. The fourth-order valence-corrected chi connectivity index (χ4v) is 2.01. The zero-order valence-electron chi connectivity index (χ0n) is 12.2. The second kappa shape index (κ2) is 5.87. The van der Waals surface area contributed by atoms with Gasteiger partial charge in [-0.05, 0) is 13.0 Å². The Hall–Kier alpha value is -2.15. The van der Waals surface area contributed by atoms with Gasteiger partial charge in [0, 0.05) is 45.7 Å². The first-order valence-electron chi connectivity index (χ1n) is 6.28. The highest BCUT2D eigenvalue weighted by Crippen LogP contribution is 2.10. The maximum Gasteiger partial charge on any atom is 0.274 e. The highest BCUT2D eigenvalue weighted by molar-refractivity contribution is 5.91. The Kier molecular flexibility index (Phi) is 4.19. The lowest BCUT2D eigenvalue weighted by Gasteiger charge is -2.15. The zero-order chi connectivity index (χ0) is 14.7. The van der Waals surface area contributed by atoms with E-state index < -0.39 is 0 Å². The van der Waals surface area contributed by atoms with Crippen LogP contribution in [0, 0.1) is 6.92 Å². The summed E-state index contributed by atoms with van der Waals surface area (Å²) >= 11 is 0. The first-order valence-corrected chi connectivity index (χ1v) is 6.28. The minimum Gasteiger partial charge on any atom is -0.362 e. The van der Waals surface area contributed by atoms with E-state index in [1.54, 1.807) is 40.7 Å². The van der Waals surface area contributed by atoms with Crippen LogP contribution in [0.3, 0.4) is 0 Å². The van der Waals surface area contributed by atoms with E-state index in [2.05, 4.69) is 10.2 Å². The quantitative estimate of drug-likeness (QED) is 0.811. The SMILES string of the molecule is COCn1ccc(C(=O)N(C)Cc2cn(C)nc2C)n1. The van der Waals surface area contributed by atoms with Crippen LogP contribution in [-0.2, 0) is 25.1 Å². The molecule has 0 unspecified atom stereocenters. The van der Waals surface area contributed by atoms with Crippen LogP contribution < -0.4 is 0 Å². The largest absolute Gasteiger partial charge is 0.362 e. The van der Waals surface area contributed by atoms with Crippen LogP contribution in [0.15, 0.2) is 18.5 Å². The molecule has 0 saturated carbocycles. The molecule has 1 amide bonds. The Morgan fingerprint density at radius 1 is 1.45 bits per heavy atom. The molecule has 0 aliphatic rings. The molecule has 0 N–H and O–H groups in total. The minimum absolute atomic E-state index is 0.122. The van der Waals surface area contributed by atoms with E-state index in [-0.39, 0.29) is 5.91 Å². The number of aryl methyl sites for hydroxylation is 2. The summed E-state index contributed by atoms with van der Waals surface area (Å²) in [6, 6.07) is 1.69. The van der Waals surface area contributed by atoms with Crippen molar-refractivity contribution in [3.8, 4) is 0 Å². The molecule has 0 aromatic carbocycles. The van der Waals surface area contributed by atoms with Crippen LogP contribution >= 0.6 is 0 Å². The van der Waals surface area contributed by atoms with Crippen LogP contribution in [0.4, 0.5) is 0 Å². The molecule has 0 spiro atoms. The zero-order valence-corrected chi connectivity index (χ0v) is 12.2. The third kappa shape index (κ3) is 3.05. The maximum atomic E-state index is 12.3. The van der Waals surface area contributed by atoms with Gasteiger partial charge in [-0.15, -0.1) is 0 Å². The molecule has 0 fully saturated rings. The van der Waals surface area contributed by atoms with Crippen molar-refractivity contribution in [1.29, 1.82) is 0 Å². The summed E-state index contributed by atoms with van der Waals surface area (Å²) in [6.45, 7) is 2.77. The lowest BCUT2D eigenvalue weighted by Crippen LogP contribution is -2.27. The number of rotatable bonds is 5. The van der Waals surface area contributed by atoms with Crippen molar-refractivity contribution in [3.63, 3.8) is 0 Å². The lowest BCUT2D eigenvalue weighted by molar-refractivity contribution is 0.0773. The van der Waals surface area contributed by atoms with Crippen molar-refractivity contribution in [2.45, 2.75) is 20.2 Å². The molecule has 0 aliphatic carbocycles. The molecule has 0 bridgehead atoms. The minimum atomic E-state index is -0.122. The third-order valence-electron chi connectivity index (χ3n) is 2.99. The van der Waals surface area contributed by atoms with Gasteiger partial charge in [0.2, 0.25) is 0 Å². The van der Waals surface area contributed by atoms with Gasteiger partial charge >= 0.3 is 0 Å². The van der Waals surface area contributed by atoms with Gasteiger partial charge in [0.25, 0.3) is 5.91 Å². The molecule has 2 rings (SSSR count). The second-order valence-electron chi connectivity index (χ2n) is 4.73. The monoisotopic (exact) mass is 277 g/mol. The normalized spacial score (nSPS) is 10.8. The molecule has 7 heteroatoms. The van der Waals surface area contributed by atoms with Gasteiger partial charge in [0.05, 0.1) is 5.69 Å². The van der Waals surface area contributed by atoms with Gasteiger partial charge in [0.1, 0.15) is 12.4 Å². The second-order valence-corrected chi connectivity index (χ2v) is 4.73. The molecule has 108 valence electrons. The third-order valence-corrected chi connectivity index (χ3v) is 2.99. The molecule has 2 aromatic rings. The number of hydrogen-bond donors (Lipinski definition) is 0. The van der Waals surface area contributed by atoms with Crippen molar-refractivity contribution in [2.75, 3.05) is 14.2 Å².